The van der Waals surface area contributed by atoms with Gasteiger partial charge in [-0.2, -0.15) is 0 Å². The van der Waals surface area contributed by atoms with E-state index in [0.29, 0.717) is 22.2 Å². The molecule has 2 aromatic heterocycles. The Labute approximate surface area is 159 Å². The molecule has 130 valence electrons. The Balaban J connectivity index is 1.83. The highest BCUT2D eigenvalue weighted by Crippen LogP contribution is 2.32. The first-order chi connectivity index (χ1) is 12.0. The Morgan fingerprint density at radius 1 is 1.36 bits per heavy atom. The molecule has 0 saturated heterocycles. The predicted octanol–water partition coefficient (Wildman–Crippen LogP) is 5.11. The Hall–Kier alpha value is -1.89. The third-order valence-electron chi connectivity index (χ3n) is 3.72. The average Bonchev–Trinajstić information content (AvgIpc) is 3.23. The number of amides is 1. The second kappa shape index (κ2) is 7.56. The molecule has 1 aromatic carbocycles. The Morgan fingerprint density at radius 3 is 2.84 bits per heavy atom. The number of nitrogens with zero attached hydrogens (tertiary/aromatic N) is 2. The normalized spacial score (nSPS) is 10.7. The number of hydrogen-bond acceptors (Lipinski definition) is 5. The van der Waals surface area contributed by atoms with Crippen molar-refractivity contribution in [2.75, 3.05) is 14.2 Å². The van der Waals surface area contributed by atoms with Gasteiger partial charge in [-0.05, 0) is 36.6 Å². The largest absolute Gasteiger partial charge is 0.496 e. The van der Waals surface area contributed by atoms with Crippen LogP contribution in [0.15, 0.2) is 35.7 Å². The Kier molecular flexibility index (Phi) is 5.42. The fraction of sp³-hybridized carbons (Fsp3) is 0.222. The highest BCUT2D eigenvalue weighted by atomic mass is 35.5. The SMILES string of the molecule is COc1ccc(Cl)cc1CN(C)C(=O)c1sc(-c2cccs2)nc1C. The van der Waals surface area contributed by atoms with Gasteiger partial charge in [-0.15, -0.1) is 22.7 Å². The molecule has 25 heavy (non-hydrogen) atoms. The predicted molar refractivity (Wildman–Crippen MR) is 104 cm³/mol. The third kappa shape index (κ3) is 3.86. The summed E-state index contributed by atoms with van der Waals surface area (Å²) >= 11 is 9.12. The molecule has 0 aliphatic rings. The van der Waals surface area contributed by atoms with E-state index >= 15 is 0 Å². The first kappa shape index (κ1) is 17.9. The molecular formula is C18H17ClN2O2S2. The van der Waals surface area contributed by atoms with Crippen LogP contribution in [0.3, 0.4) is 0 Å². The summed E-state index contributed by atoms with van der Waals surface area (Å²) in [6.07, 6.45) is 0. The lowest BCUT2D eigenvalue weighted by atomic mass is 10.2. The van der Waals surface area contributed by atoms with Gasteiger partial charge in [0.25, 0.3) is 5.91 Å². The number of thiophene rings is 1. The second-order valence-electron chi connectivity index (χ2n) is 5.53. The Morgan fingerprint density at radius 2 is 2.16 bits per heavy atom. The van der Waals surface area contributed by atoms with E-state index in [4.69, 9.17) is 16.3 Å². The molecule has 0 bridgehead atoms. The number of ether oxygens (including phenoxy) is 1. The van der Waals surface area contributed by atoms with Gasteiger partial charge in [0, 0.05) is 24.2 Å². The standard InChI is InChI=1S/C18H17ClN2O2S2/c1-11-16(25-17(20-11)15-5-4-8-24-15)18(22)21(2)10-12-9-13(19)6-7-14(12)23-3/h4-9H,10H2,1-3H3. The van der Waals surface area contributed by atoms with E-state index in [1.807, 2.05) is 36.6 Å². The van der Waals surface area contributed by atoms with Crippen LogP contribution in [0.5, 0.6) is 5.75 Å². The quantitative estimate of drug-likeness (QED) is 0.605. The smallest absolute Gasteiger partial charge is 0.265 e. The van der Waals surface area contributed by atoms with Crippen molar-refractivity contribution in [1.82, 2.24) is 9.88 Å². The Bertz CT molecular complexity index is 891. The van der Waals surface area contributed by atoms with Crippen LogP contribution in [0.2, 0.25) is 5.02 Å². The monoisotopic (exact) mass is 392 g/mol. The van der Waals surface area contributed by atoms with Gasteiger partial charge >= 0.3 is 0 Å². The summed E-state index contributed by atoms with van der Waals surface area (Å²) in [5.74, 6) is 0.657. The van der Waals surface area contributed by atoms with Crippen molar-refractivity contribution in [2.45, 2.75) is 13.5 Å². The zero-order valence-electron chi connectivity index (χ0n) is 14.1. The maximum absolute atomic E-state index is 12.9. The maximum atomic E-state index is 12.9. The molecule has 0 aliphatic heterocycles. The molecule has 0 N–H and O–H groups in total. The number of rotatable bonds is 5. The van der Waals surface area contributed by atoms with Gasteiger partial charge in [-0.1, -0.05) is 17.7 Å². The lowest BCUT2D eigenvalue weighted by Gasteiger charge is -2.18. The van der Waals surface area contributed by atoms with Crippen LogP contribution in [0.4, 0.5) is 0 Å². The third-order valence-corrected chi connectivity index (χ3v) is 6.14. The van der Waals surface area contributed by atoms with Crippen LogP contribution in [-0.4, -0.2) is 29.9 Å². The van der Waals surface area contributed by atoms with Gasteiger partial charge in [0.05, 0.1) is 17.7 Å². The minimum absolute atomic E-state index is 0.0557. The van der Waals surface area contributed by atoms with E-state index in [0.717, 1.165) is 21.1 Å². The first-order valence-electron chi connectivity index (χ1n) is 7.58. The number of halogens is 1. The molecule has 0 spiro atoms. The van der Waals surface area contributed by atoms with Crippen molar-refractivity contribution in [3.05, 3.63) is 56.9 Å². The summed E-state index contributed by atoms with van der Waals surface area (Å²) in [5.41, 5.74) is 1.62. The van der Waals surface area contributed by atoms with Gasteiger partial charge in [0.2, 0.25) is 0 Å². The number of hydrogen-bond donors (Lipinski definition) is 0. The molecule has 4 nitrogen and oxygen atoms in total. The summed E-state index contributed by atoms with van der Waals surface area (Å²) in [7, 11) is 3.38. The zero-order valence-corrected chi connectivity index (χ0v) is 16.5. The van der Waals surface area contributed by atoms with Gasteiger partial charge in [0.1, 0.15) is 15.6 Å². The molecule has 0 radical (unpaired) electrons. The van der Waals surface area contributed by atoms with E-state index in [1.54, 1.807) is 36.5 Å². The molecule has 0 aliphatic carbocycles. The van der Waals surface area contributed by atoms with E-state index in [1.165, 1.54) is 11.3 Å². The molecule has 0 atom stereocenters. The van der Waals surface area contributed by atoms with Gasteiger partial charge in [0.15, 0.2) is 0 Å². The summed E-state index contributed by atoms with van der Waals surface area (Å²) in [6.45, 7) is 2.28. The number of thiazole rings is 1. The molecule has 3 aromatic rings. The van der Waals surface area contributed by atoms with Crippen molar-refractivity contribution in [2.24, 2.45) is 0 Å². The fourth-order valence-corrected chi connectivity index (χ4v) is 4.52. The van der Waals surface area contributed by atoms with E-state index < -0.39 is 0 Å². The molecule has 0 saturated carbocycles. The zero-order chi connectivity index (χ0) is 18.0. The van der Waals surface area contributed by atoms with E-state index in [2.05, 4.69) is 4.98 Å². The van der Waals surface area contributed by atoms with Crippen LogP contribution in [0.25, 0.3) is 9.88 Å². The van der Waals surface area contributed by atoms with Crippen molar-refractivity contribution >= 4 is 40.2 Å². The lowest BCUT2D eigenvalue weighted by molar-refractivity contribution is 0.0788. The summed E-state index contributed by atoms with van der Waals surface area (Å²) in [5, 5.41) is 3.50. The van der Waals surface area contributed by atoms with Gasteiger partial charge < -0.3 is 9.64 Å². The number of carbonyl (C=O) groups excluding carboxylic acids is 1. The summed E-state index contributed by atoms with van der Waals surface area (Å²) in [4.78, 5) is 20.8. The maximum Gasteiger partial charge on any atom is 0.265 e. The van der Waals surface area contributed by atoms with Crippen molar-refractivity contribution < 1.29 is 9.53 Å². The highest BCUT2D eigenvalue weighted by Gasteiger charge is 2.21. The number of aromatic nitrogens is 1. The molecule has 0 fully saturated rings. The van der Waals surface area contributed by atoms with Crippen LogP contribution >= 0.6 is 34.3 Å². The molecule has 3 rings (SSSR count). The van der Waals surface area contributed by atoms with Crippen molar-refractivity contribution in [3.8, 4) is 15.6 Å². The highest BCUT2D eigenvalue weighted by molar-refractivity contribution is 7.22. The summed E-state index contributed by atoms with van der Waals surface area (Å²) < 4.78 is 5.36. The van der Waals surface area contributed by atoms with Gasteiger partial charge in [-0.25, -0.2) is 4.98 Å². The molecule has 2 heterocycles. The van der Waals surface area contributed by atoms with Crippen LogP contribution in [-0.2, 0) is 6.54 Å². The summed E-state index contributed by atoms with van der Waals surface area (Å²) in [6, 6.07) is 9.39. The first-order valence-corrected chi connectivity index (χ1v) is 9.66. The van der Waals surface area contributed by atoms with Crippen LogP contribution < -0.4 is 4.74 Å². The molecular weight excluding hydrogens is 376 g/mol. The lowest BCUT2D eigenvalue weighted by Crippen LogP contribution is -2.26. The fourth-order valence-electron chi connectivity index (χ4n) is 2.47. The van der Waals surface area contributed by atoms with Crippen molar-refractivity contribution in [3.63, 3.8) is 0 Å². The van der Waals surface area contributed by atoms with Crippen LogP contribution in [0.1, 0.15) is 20.9 Å². The topological polar surface area (TPSA) is 42.4 Å². The molecule has 7 heteroatoms. The van der Waals surface area contributed by atoms with E-state index in [-0.39, 0.29) is 5.91 Å². The molecule has 1 amide bonds. The average molecular weight is 393 g/mol. The van der Waals surface area contributed by atoms with Crippen LogP contribution in [0, 0.1) is 6.92 Å². The minimum Gasteiger partial charge on any atom is -0.496 e. The number of benzene rings is 1. The number of aryl methyl sites for hydroxylation is 1. The van der Waals surface area contributed by atoms with Gasteiger partial charge in [-0.3, -0.25) is 4.79 Å². The molecule has 0 unspecified atom stereocenters. The number of carbonyl (C=O) groups is 1. The second-order valence-corrected chi connectivity index (χ2v) is 7.91. The van der Waals surface area contributed by atoms with Crippen molar-refractivity contribution in [1.29, 1.82) is 0 Å². The van der Waals surface area contributed by atoms with E-state index in [9.17, 15) is 4.79 Å². The number of methoxy groups -OCH3 is 1. The minimum atomic E-state index is -0.0557.